The maximum atomic E-state index is 5.89. The maximum absolute atomic E-state index is 5.89. The van der Waals surface area contributed by atoms with Gasteiger partial charge in [0.25, 0.3) is 0 Å². The molecule has 22 heavy (non-hydrogen) atoms. The van der Waals surface area contributed by atoms with E-state index in [4.69, 9.17) is 16.2 Å². The van der Waals surface area contributed by atoms with Gasteiger partial charge in [-0.05, 0) is 24.6 Å². The molecule has 1 rings (SSSR count). The molecule has 3 nitrogen and oxygen atoms in total. The molecule has 3 heteroatoms. The van der Waals surface area contributed by atoms with Crippen molar-refractivity contribution in [3.8, 4) is 0 Å². The minimum Gasteiger partial charge on any atom is -0.399 e. The largest absolute Gasteiger partial charge is 0.399 e. The highest BCUT2D eigenvalue weighted by atomic mass is 16.5. The average molecular weight is 306 g/mol. The minimum absolute atomic E-state index is 0.564. The lowest BCUT2D eigenvalue weighted by atomic mass is 10.1. The Kier molecular flexibility index (Phi) is 10.6. The normalized spacial score (nSPS) is 11.0. The molecule has 0 amide bonds. The quantitative estimate of drug-likeness (QED) is 0.384. The summed E-state index contributed by atoms with van der Waals surface area (Å²) < 4.78 is 5.69. The summed E-state index contributed by atoms with van der Waals surface area (Å²) in [5.41, 5.74) is 14.1. The molecule has 0 unspecified atom stereocenters. The molecule has 0 aromatic heterocycles. The second-order valence-electron chi connectivity index (χ2n) is 6.19. The van der Waals surface area contributed by atoms with Gasteiger partial charge in [0.1, 0.15) is 0 Å². The van der Waals surface area contributed by atoms with Gasteiger partial charge < -0.3 is 16.2 Å². The molecule has 0 aliphatic carbocycles. The summed E-state index contributed by atoms with van der Waals surface area (Å²) in [6.45, 7) is 3.64. The van der Waals surface area contributed by atoms with Crippen molar-refractivity contribution in [2.75, 3.05) is 18.1 Å². The van der Waals surface area contributed by atoms with E-state index >= 15 is 0 Å². The van der Waals surface area contributed by atoms with Gasteiger partial charge in [-0.15, -0.1) is 0 Å². The van der Waals surface area contributed by atoms with Gasteiger partial charge in [0.2, 0.25) is 0 Å². The minimum atomic E-state index is 0.564. The van der Waals surface area contributed by atoms with Crippen LogP contribution in [0.4, 0.5) is 11.4 Å². The fourth-order valence-electron chi connectivity index (χ4n) is 2.62. The first-order valence-corrected chi connectivity index (χ1v) is 8.95. The van der Waals surface area contributed by atoms with Gasteiger partial charge >= 0.3 is 0 Å². The predicted molar refractivity (Wildman–Crippen MR) is 96.8 cm³/mol. The molecule has 0 saturated carbocycles. The van der Waals surface area contributed by atoms with Crippen LogP contribution in [0.25, 0.3) is 0 Å². The zero-order valence-electron chi connectivity index (χ0n) is 14.3. The van der Waals surface area contributed by atoms with E-state index in [9.17, 15) is 0 Å². The molecule has 0 heterocycles. The topological polar surface area (TPSA) is 61.3 Å². The number of hydrogen-bond acceptors (Lipinski definition) is 3. The van der Waals surface area contributed by atoms with Gasteiger partial charge in [-0.1, -0.05) is 64.7 Å². The van der Waals surface area contributed by atoms with Crippen molar-refractivity contribution >= 4 is 11.4 Å². The third-order valence-electron chi connectivity index (χ3n) is 4.07. The van der Waals surface area contributed by atoms with Crippen LogP contribution in [0.5, 0.6) is 0 Å². The Labute approximate surface area is 136 Å². The monoisotopic (exact) mass is 306 g/mol. The fourth-order valence-corrected chi connectivity index (χ4v) is 2.62. The van der Waals surface area contributed by atoms with Crippen molar-refractivity contribution < 1.29 is 4.74 Å². The summed E-state index contributed by atoms with van der Waals surface area (Å²) in [5, 5.41) is 0. The lowest BCUT2D eigenvalue weighted by Crippen LogP contribution is -2.01. The number of ether oxygens (including phenoxy) is 1. The van der Waals surface area contributed by atoms with Crippen molar-refractivity contribution in [3.05, 3.63) is 23.8 Å². The van der Waals surface area contributed by atoms with Gasteiger partial charge in [0.05, 0.1) is 6.61 Å². The van der Waals surface area contributed by atoms with Gasteiger partial charge in [-0.25, -0.2) is 0 Å². The number of rotatable bonds is 13. The molecule has 126 valence electrons. The zero-order valence-corrected chi connectivity index (χ0v) is 14.3. The summed E-state index contributed by atoms with van der Waals surface area (Å²) in [5.74, 6) is 0. The number of hydrogen-bond donors (Lipinski definition) is 2. The first-order valence-electron chi connectivity index (χ1n) is 8.95. The van der Waals surface area contributed by atoms with E-state index in [0.29, 0.717) is 6.61 Å². The summed E-state index contributed by atoms with van der Waals surface area (Å²) in [6, 6.07) is 5.56. The van der Waals surface area contributed by atoms with Gasteiger partial charge in [-0.2, -0.15) is 0 Å². The Morgan fingerprint density at radius 3 is 2.05 bits per heavy atom. The second-order valence-corrected chi connectivity index (χ2v) is 6.19. The van der Waals surface area contributed by atoms with E-state index in [0.717, 1.165) is 30.0 Å². The predicted octanol–water partition coefficient (Wildman–Crippen LogP) is 5.29. The van der Waals surface area contributed by atoms with Crippen LogP contribution < -0.4 is 11.5 Å². The number of unbranched alkanes of at least 4 members (excludes halogenated alkanes) is 9. The zero-order chi connectivity index (χ0) is 16.0. The molecule has 0 fully saturated rings. The van der Waals surface area contributed by atoms with Crippen LogP contribution in [0.1, 0.15) is 76.7 Å². The van der Waals surface area contributed by atoms with Crippen molar-refractivity contribution in [1.29, 1.82) is 0 Å². The first-order chi connectivity index (χ1) is 10.7. The smallest absolute Gasteiger partial charge is 0.0737 e. The van der Waals surface area contributed by atoms with Crippen LogP contribution in [0, 0.1) is 0 Å². The van der Waals surface area contributed by atoms with E-state index in [-0.39, 0.29) is 0 Å². The van der Waals surface area contributed by atoms with E-state index < -0.39 is 0 Å². The highest BCUT2D eigenvalue weighted by molar-refractivity contribution is 5.54. The molecule has 1 aromatic rings. The molecular formula is C19H34N2O. The Hall–Kier alpha value is -1.22. The number of anilines is 2. The molecule has 0 aliphatic heterocycles. The van der Waals surface area contributed by atoms with Gasteiger partial charge in [-0.3, -0.25) is 0 Å². The van der Waals surface area contributed by atoms with Gasteiger partial charge in [0, 0.05) is 23.5 Å². The van der Waals surface area contributed by atoms with Crippen molar-refractivity contribution in [2.24, 2.45) is 0 Å². The molecule has 0 radical (unpaired) electrons. The third-order valence-corrected chi connectivity index (χ3v) is 4.07. The summed E-state index contributed by atoms with van der Waals surface area (Å²) in [6.07, 6.45) is 13.5. The Bertz CT molecular complexity index is 393. The Balaban J connectivity index is 1.90. The molecular weight excluding hydrogens is 272 g/mol. The Morgan fingerprint density at radius 1 is 0.818 bits per heavy atom. The van der Waals surface area contributed by atoms with Crippen LogP contribution in [-0.4, -0.2) is 6.61 Å². The first kappa shape index (κ1) is 18.8. The SMILES string of the molecule is CCCCCCCCCCCCOCc1cc(N)ccc1N. The maximum Gasteiger partial charge on any atom is 0.0737 e. The highest BCUT2D eigenvalue weighted by Gasteiger charge is 2.00. The number of nitrogen functional groups attached to an aromatic ring is 2. The van der Waals surface area contributed by atoms with Crippen molar-refractivity contribution in [3.63, 3.8) is 0 Å². The van der Waals surface area contributed by atoms with E-state index in [1.807, 2.05) is 18.2 Å². The Morgan fingerprint density at radius 2 is 1.41 bits per heavy atom. The molecule has 0 bridgehead atoms. The molecule has 0 atom stereocenters. The number of nitrogens with two attached hydrogens (primary N) is 2. The lowest BCUT2D eigenvalue weighted by molar-refractivity contribution is 0.117. The molecule has 0 spiro atoms. The van der Waals surface area contributed by atoms with Crippen molar-refractivity contribution in [1.82, 2.24) is 0 Å². The van der Waals surface area contributed by atoms with Crippen LogP contribution in [-0.2, 0) is 11.3 Å². The number of benzene rings is 1. The second kappa shape index (κ2) is 12.3. The molecule has 0 saturated heterocycles. The van der Waals surface area contributed by atoms with Crippen LogP contribution in [0.2, 0.25) is 0 Å². The van der Waals surface area contributed by atoms with Crippen LogP contribution in [0.15, 0.2) is 18.2 Å². The standard InChI is InChI=1S/C19H34N2O/c1-2-3-4-5-6-7-8-9-10-11-14-22-16-17-15-18(20)12-13-19(17)21/h12-13,15H,2-11,14,16,20-21H2,1H3. The van der Waals surface area contributed by atoms with Crippen LogP contribution in [0.3, 0.4) is 0 Å². The van der Waals surface area contributed by atoms with E-state index in [1.165, 1.54) is 57.8 Å². The average Bonchev–Trinajstić information content (AvgIpc) is 2.51. The van der Waals surface area contributed by atoms with Crippen molar-refractivity contribution in [2.45, 2.75) is 77.7 Å². The van der Waals surface area contributed by atoms with Crippen LogP contribution >= 0.6 is 0 Å². The summed E-state index contributed by atoms with van der Waals surface area (Å²) >= 11 is 0. The van der Waals surface area contributed by atoms with Gasteiger partial charge in [0.15, 0.2) is 0 Å². The molecule has 1 aromatic carbocycles. The van der Waals surface area contributed by atoms with E-state index in [1.54, 1.807) is 0 Å². The molecule has 0 aliphatic rings. The summed E-state index contributed by atoms with van der Waals surface area (Å²) in [7, 11) is 0. The van der Waals surface area contributed by atoms with E-state index in [2.05, 4.69) is 6.92 Å². The highest BCUT2D eigenvalue weighted by Crippen LogP contribution is 2.17. The fraction of sp³-hybridized carbons (Fsp3) is 0.684. The summed E-state index contributed by atoms with van der Waals surface area (Å²) in [4.78, 5) is 0. The lowest BCUT2D eigenvalue weighted by Gasteiger charge is -2.08. The third kappa shape index (κ3) is 8.93. The molecule has 4 N–H and O–H groups in total.